The smallest absolute Gasteiger partial charge is 0.132 e. The molecule has 0 aromatic heterocycles. The predicted molar refractivity (Wildman–Crippen MR) is 44.0 cm³/mol. The average molecular weight is 192 g/mol. The van der Waals surface area contributed by atoms with Crippen LogP contribution >= 0.6 is 11.6 Å². The zero-order chi connectivity index (χ0) is 9.30. The molecule has 1 rings (SSSR count). The number of hydrogen-bond acceptors (Lipinski definition) is 1. The minimum absolute atomic E-state index is 0.0365. The van der Waals surface area contributed by atoms with Crippen molar-refractivity contribution in [2.45, 2.75) is 13.0 Å². The van der Waals surface area contributed by atoms with Gasteiger partial charge in [-0.25, -0.2) is 8.78 Å². The van der Waals surface area contributed by atoms with Crippen LogP contribution in [0.15, 0.2) is 12.1 Å². The van der Waals surface area contributed by atoms with Crippen LogP contribution in [0.1, 0.15) is 18.5 Å². The summed E-state index contributed by atoms with van der Waals surface area (Å²) in [7, 11) is 0. The maximum atomic E-state index is 13.0. The highest BCUT2D eigenvalue weighted by atomic mass is 35.5. The van der Waals surface area contributed by atoms with Gasteiger partial charge in [0.1, 0.15) is 11.6 Å². The first kappa shape index (κ1) is 9.42. The Morgan fingerprint density at radius 1 is 1.33 bits per heavy atom. The Hall–Kier alpha value is -0.670. The molecule has 0 aliphatic heterocycles. The van der Waals surface area contributed by atoms with Crippen molar-refractivity contribution in [3.63, 3.8) is 0 Å². The molecule has 0 aliphatic rings. The summed E-state index contributed by atoms with van der Waals surface area (Å²) in [4.78, 5) is 0. The fraction of sp³-hybridized carbons (Fsp3) is 0.250. The average Bonchev–Trinajstić information content (AvgIpc) is 1.82. The molecule has 4 heteroatoms. The van der Waals surface area contributed by atoms with Gasteiger partial charge in [-0.05, 0) is 19.1 Å². The van der Waals surface area contributed by atoms with Crippen molar-refractivity contribution in [3.8, 4) is 0 Å². The van der Waals surface area contributed by atoms with Crippen molar-refractivity contribution in [1.29, 1.82) is 0 Å². The maximum absolute atomic E-state index is 13.0. The summed E-state index contributed by atoms with van der Waals surface area (Å²) >= 11 is 5.41. The van der Waals surface area contributed by atoms with Crippen molar-refractivity contribution < 1.29 is 8.78 Å². The zero-order valence-electron chi connectivity index (χ0n) is 6.44. The Balaban J connectivity index is 3.28. The number of halogens is 3. The van der Waals surface area contributed by atoms with Crippen LogP contribution in [0, 0.1) is 11.6 Å². The quantitative estimate of drug-likeness (QED) is 0.726. The van der Waals surface area contributed by atoms with E-state index in [0.29, 0.717) is 0 Å². The number of benzene rings is 1. The highest BCUT2D eigenvalue weighted by Gasteiger charge is 2.13. The van der Waals surface area contributed by atoms with Crippen LogP contribution in [0.2, 0.25) is 5.02 Å². The van der Waals surface area contributed by atoms with E-state index in [4.69, 9.17) is 17.3 Å². The van der Waals surface area contributed by atoms with Gasteiger partial charge in [-0.3, -0.25) is 0 Å². The van der Waals surface area contributed by atoms with Crippen LogP contribution in [0.4, 0.5) is 8.78 Å². The molecule has 0 spiro atoms. The molecule has 0 bridgehead atoms. The second kappa shape index (κ2) is 3.37. The number of nitrogens with two attached hydrogens (primary N) is 1. The van der Waals surface area contributed by atoms with Gasteiger partial charge in [-0.15, -0.1) is 0 Å². The van der Waals surface area contributed by atoms with Crippen LogP contribution in [0.25, 0.3) is 0 Å². The van der Waals surface area contributed by atoms with Crippen molar-refractivity contribution in [2.24, 2.45) is 5.73 Å². The van der Waals surface area contributed by atoms with E-state index in [9.17, 15) is 8.78 Å². The molecule has 1 aromatic rings. The third-order valence-electron chi connectivity index (χ3n) is 1.50. The lowest BCUT2D eigenvalue weighted by Crippen LogP contribution is -2.10. The first-order chi connectivity index (χ1) is 5.52. The number of rotatable bonds is 1. The highest BCUT2D eigenvalue weighted by Crippen LogP contribution is 2.22. The van der Waals surface area contributed by atoms with E-state index in [-0.39, 0.29) is 10.6 Å². The largest absolute Gasteiger partial charge is 0.324 e. The van der Waals surface area contributed by atoms with E-state index in [1.165, 1.54) is 6.92 Å². The molecule has 66 valence electrons. The molecule has 0 radical (unpaired) electrons. The van der Waals surface area contributed by atoms with E-state index in [2.05, 4.69) is 0 Å². The van der Waals surface area contributed by atoms with Gasteiger partial charge in [0.2, 0.25) is 0 Å². The Morgan fingerprint density at radius 2 is 1.75 bits per heavy atom. The van der Waals surface area contributed by atoms with Crippen molar-refractivity contribution in [3.05, 3.63) is 34.4 Å². The summed E-state index contributed by atoms with van der Waals surface area (Å²) in [5, 5.41) is 0.0365. The summed E-state index contributed by atoms with van der Waals surface area (Å²) in [6.45, 7) is 1.51. The second-order valence-electron chi connectivity index (χ2n) is 2.57. The van der Waals surface area contributed by atoms with Crippen molar-refractivity contribution in [2.75, 3.05) is 0 Å². The normalized spacial score (nSPS) is 13.1. The highest BCUT2D eigenvalue weighted by molar-refractivity contribution is 6.30. The second-order valence-corrected chi connectivity index (χ2v) is 3.01. The first-order valence-electron chi connectivity index (χ1n) is 3.42. The Kier molecular flexibility index (Phi) is 2.65. The molecule has 0 saturated heterocycles. The van der Waals surface area contributed by atoms with Crippen LogP contribution in [-0.2, 0) is 0 Å². The van der Waals surface area contributed by atoms with Gasteiger partial charge in [0, 0.05) is 16.6 Å². The van der Waals surface area contributed by atoms with Gasteiger partial charge in [-0.2, -0.15) is 0 Å². The Bertz CT molecular complexity index is 276. The van der Waals surface area contributed by atoms with Gasteiger partial charge >= 0.3 is 0 Å². The fourth-order valence-corrected chi connectivity index (χ4v) is 1.18. The maximum Gasteiger partial charge on any atom is 0.132 e. The Labute approximate surface area is 74.1 Å². The minimum atomic E-state index is -0.699. The van der Waals surface area contributed by atoms with E-state index in [1.54, 1.807) is 0 Å². The molecule has 0 amide bonds. The summed E-state index contributed by atoms with van der Waals surface area (Å²) in [6, 6.07) is 1.43. The molecule has 1 aromatic carbocycles. The lowest BCUT2D eigenvalue weighted by atomic mass is 10.1. The summed E-state index contributed by atoms with van der Waals surface area (Å²) in [5.74, 6) is -1.40. The summed E-state index contributed by atoms with van der Waals surface area (Å²) < 4.78 is 25.9. The van der Waals surface area contributed by atoms with Crippen LogP contribution in [-0.4, -0.2) is 0 Å². The lowest BCUT2D eigenvalue weighted by molar-refractivity contribution is 0.537. The van der Waals surface area contributed by atoms with E-state index in [0.717, 1.165) is 12.1 Å². The molecule has 1 atom stereocenters. The van der Waals surface area contributed by atoms with Crippen LogP contribution in [0.5, 0.6) is 0 Å². The van der Waals surface area contributed by atoms with Crippen LogP contribution in [0.3, 0.4) is 0 Å². The van der Waals surface area contributed by atoms with Gasteiger partial charge in [-0.1, -0.05) is 11.6 Å². The molecule has 12 heavy (non-hydrogen) atoms. The standard InChI is InChI=1S/C8H8ClF2N/c1-4(12)8-6(10)2-5(9)3-7(8)11/h2-4H,12H2,1H3. The molecular weight excluding hydrogens is 184 g/mol. The SMILES string of the molecule is CC(N)c1c(F)cc(Cl)cc1F. The molecule has 0 heterocycles. The molecule has 1 nitrogen and oxygen atoms in total. The fourth-order valence-electron chi connectivity index (χ4n) is 0.988. The molecular formula is C8H8ClF2N. The van der Waals surface area contributed by atoms with Gasteiger partial charge in [0.05, 0.1) is 0 Å². The van der Waals surface area contributed by atoms with Crippen molar-refractivity contribution >= 4 is 11.6 Å². The van der Waals surface area contributed by atoms with E-state index in [1.807, 2.05) is 0 Å². The zero-order valence-corrected chi connectivity index (χ0v) is 7.20. The van der Waals surface area contributed by atoms with Crippen molar-refractivity contribution in [1.82, 2.24) is 0 Å². The van der Waals surface area contributed by atoms with Gasteiger partial charge in [0.15, 0.2) is 0 Å². The molecule has 0 aliphatic carbocycles. The van der Waals surface area contributed by atoms with Gasteiger partial charge in [0.25, 0.3) is 0 Å². The van der Waals surface area contributed by atoms with E-state index >= 15 is 0 Å². The summed E-state index contributed by atoms with van der Waals surface area (Å²) in [5.41, 5.74) is 5.22. The third-order valence-corrected chi connectivity index (χ3v) is 1.72. The number of hydrogen-bond donors (Lipinski definition) is 1. The molecule has 0 saturated carbocycles. The predicted octanol–water partition coefficient (Wildman–Crippen LogP) is 2.64. The molecule has 1 unspecified atom stereocenters. The topological polar surface area (TPSA) is 26.0 Å². The summed E-state index contributed by atoms with van der Waals surface area (Å²) in [6.07, 6.45) is 0. The molecule has 2 N–H and O–H groups in total. The monoisotopic (exact) mass is 191 g/mol. The van der Waals surface area contributed by atoms with Gasteiger partial charge < -0.3 is 5.73 Å². The molecule has 0 fully saturated rings. The first-order valence-corrected chi connectivity index (χ1v) is 3.80. The van der Waals surface area contributed by atoms with Crippen LogP contribution < -0.4 is 5.73 Å². The third kappa shape index (κ3) is 1.73. The van der Waals surface area contributed by atoms with E-state index < -0.39 is 17.7 Å². The minimum Gasteiger partial charge on any atom is -0.324 e. The lowest BCUT2D eigenvalue weighted by Gasteiger charge is -2.08. The Morgan fingerprint density at radius 3 is 2.08 bits per heavy atom.